The van der Waals surface area contributed by atoms with E-state index in [2.05, 4.69) is 0 Å². The summed E-state index contributed by atoms with van der Waals surface area (Å²) in [7, 11) is 0. The Balaban J connectivity index is -0.000000101. The van der Waals surface area contributed by atoms with Crippen LogP contribution in [0.15, 0.2) is 0 Å². The van der Waals surface area contributed by atoms with Gasteiger partial charge < -0.3 is 9.59 Å². The number of hydrogen-bond acceptors (Lipinski definition) is 2. The van der Waals surface area contributed by atoms with Crippen molar-refractivity contribution in [3.63, 3.8) is 0 Å². The number of carbonyl (C=O) groups is 2. The van der Waals surface area contributed by atoms with E-state index < -0.39 is 0 Å². The van der Waals surface area contributed by atoms with Crippen molar-refractivity contribution in [3.8, 4) is 0 Å². The van der Waals surface area contributed by atoms with Crippen LogP contribution >= 0.6 is 23.2 Å². The van der Waals surface area contributed by atoms with E-state index in [-0.39, 0.29) is 11.6 Å². The molecular weight excluding hydrogens is 199 g/mol. The summed E-state index contributed by atoms with van der Waals surface area (Å²) in [6, 6.07) is 0. The van der Waals surface area contributed by atoms with E-state index in [1.807, 2.05) is 0 Å². The van der Waals surface area contributed by atoms with Gasteiger partial charge in [0.15, 0.2) is 0 Å². The molecule has 0 fully saturated rings. The molecule has 0 spiro atoms. The van der Waals surface area contributed by atoms with Gasteiger partial charge in [-0.25, -0.2) is 0 Å². The van der Waals surface area contributed by atoms with E-state index in [9.17, 15) is 9.59 Å². The lowest BCUT2D eigenvalue weighted by atomic mass is 10.6. The molecule has 0 heterocycles. The zero-order chi connectivity index (χ0) is 10.6. The largest absolute Gasteiger partial charge is 0.300 e. The Hall–Kier alpha value is -0.0800. The van der Waals surface area contributed by atoms with Gasteiger partial charge in [-0.1, -0.05) is 0 Å². The van der Waals surface area contributed by atoms with Gasteiger partial charge in [-0.3, -0.25) is 0 Å². The fraction of sp³-hybridized carbons (Fsp3) is 0.750. The average Bonchev–Trinajstić information content (AvgIpc) is 1.85. The standard InChI is InChI=1S/2C3H6O.C2H4Cl2/c2*1-3(2)4;3-1-2-4/h2*1-2H3;1-2H2. The van der Waals surface area contributed by atoms with E-state index in [4.69, 9.17) is 23.2 Å². The number of halogens is 2. The first-order chi connectivity index (χ1) is 5.38. The fourth-order valence-electron chi connectivity index (χ4n) is 0. The highest BCUT2D eigenvalue weighted by molar-refractivity contribution is 6.25. The fourth-order valence-corrected chi connectivity index (χ4v) is 0. The molecular formula is C8H16Cl2O2. The summed E-state index contributed by atoms with van der Waals surface area (Å²) in [5.41, 5.74) is 0. The Morgan fingerprint density at radius 1 is 0.833 bits per heavy atom. The minimum atomic E-state index is 0.167. The molecule has 0 saturated heterocycles. The molecule has 2 nitrogen and oxygen atoms in total. The maximum Gasteiger partial charge on any atom is 0.126 e. The molecule has 0 N–H and O–H groups in total. The normalized spacial score (nSPS) is 6.83. The second-order valence-electron chi connectivity index (χ2n) is 2.19. The number of ketones is 2. The molecule has 4 heteroatoms. The summed E-state index contributed by atoms with van der Waals surface area (Å²) in [5.74, 6) is 1.45. The van der Waals surface area contributed by atoms with Gasteiger partial charge in [0.2, 0.25) is 0 Å². The summed E-state index contributed by atoms with van der Waals surface area (Å²) < 4.78 is 0. The number of rotatable bonds is 1. The zero-order valence-electron chi connectivity index (χ0n) is 7.99. The highest BCUT2D eigenvalue weighted by Crippen LogP contribution is 1.75. The minimum Gasteiger partial charge on any atom is -0.300 e. The number of Topliss-reactive ketones (excluding diaryl/α,β-unsaturated/α-hetero) is 2. The first kappa shape index (κ1) is 17.9. The van der Waals surface area contributed by atoms with Crippen LogP contribution in [0, 0.1) is 0 Å². The first-order valence-electron chi connectivity index (χ1n) is 3.44. The van der Waals surface area contributed by atoms with Gasteiger partial charge in [-0.2, -0.15) is 0 Å². The second-order valence-corrected chi connectivity index (χ2v) is 2.95. The van der Waals surface area contributed by atoms with Crippen molar-refractivity contribution in [1.82, 2.24) is 0 Å². The van der Waals surface area contributed by atoms with Crippen LogP contribution in [0.4, 0.5) is 0 Å². The molecule has 12 heavy (non-hydrogen) atoms. The van der Waals surface area contributed by atoms with Gasteiger partial charge in [-0.05, 0) is 27.7 Å². The topological polar surface area (TPSA) is 34.1 Å². The van der Waals surface area contributed by atoms with Crippen molar-refractivity contribution in [2.45, 2.75) is 27.7 Å². The quantitative estimate of drug-likeness (QED) is 0.630. The molecule has 0 amide bonds. The number of carbonyl (C=O) groups excluding carboxylic acids is 2. The number of alkyl halides is 2. The molecule has 0 saturated carbocycles. The van der Waals surface area contributed by atoms with Gasteiger partial charge in [0.05, 0.1) is 0 Å². The Bertz CT molecular complexity index is 91.6. The summed E-state index contributed by atoms with van der Waals surface area (Å²) in [5, 5.41) is 0. The van der Waals surface area contributed by atoms with Crippen molar-refractivity contribution < 1.29 is 9.59 Å². The molecule has 0 unspecified atom stereocenters. The highest BCUT2D eigenvalue weighted by atomic mass is 35.5. The van der Waals surface area contributed by atoms with Crippen LogP contribution in [0.2, 0.25) is 0 Å². The second kappa shape index (κ2) is 17.1. The molecule has 0 aromatic rings. The molecule has 0 rings (SSSR count). The third kappa shape index (κ3) is 933. The van der Waals surface area contributed by atoms with Gasteiger partial charge in [-0.15, -0.1) is 23.2 Å². The highest BCUT2D eigenvalue weighted by Gasteiger charge is 1.62. The first-order valence-corrected chi connectivity index (χ1v) is 4.51. The van der Waals surface area contributed by atoms with Crippen molar-refractivity contribution >= 4 is 34.8 Å². The molecule has 0 aliphatic carbocycles. The Kier molecular flexibility index (Phi) is 25.5. The van der Waals surface area contributed by atoms with Crippen LogP contribution in [0.3, 0.4) is 0 Å². The molecule has 0 atom stereocenters. The van der Waals surface area contributed by atoms with Gasteiger partial charge >= 0.3 is 0 Å². The molecule has 0 radical (unpaired) electrons. The lowest BCUT2D eigenvalue weighted by molar-refractivity contribution is -0.115. The Morgan fingerprint density at radius 3 is 0.917 bits per heavy atom. The predicted molar refractivity (Wildman–Crippen MR) is 54.2 cm³/mol. The van der Waals surface area contributed by atoms with Crippen molar-refractivity contribution in [3.05, 3.63) is 0 Å². The van der Waals surface area contributed by atoms with E-state index in [1.165, 1.54) is 27.7 Å². The molecule has 74 valence electrons. The number of hydrogen-bond donors (Lipinski definition) is 0. The smallest absolute Gasteiger partial charge is 0.126 e. The summed E-state index contributed by atoms with van der Waals surface area (Å²) in [6.07, 6.45) is 0. The zero-order valence-corrected chi connectivity index (χ0v) is 9.50. The van der Waals surface area contributed by atoms with Gasteiger partial charge in [0.25, 0.3) is 0 Å². The van der Waals surface area contributed by atoms with E-state index in [1.54, 1.807) is 0 Å². The van der Waals surface area contributed by atoms with Crippen LogP contribution < -0.4 is 0 Å². The Labute approximate surface area is 84.2 Å². The van der Waals surface area contributed by atoms with Crippen LogP contribution in [-0.4, -0.2) is 23.3 Å². The van der Waals surface area contributed by atoms with E-state index >= 15 is 0 Å². The monoisotopic (exact) mass is 214 g/mol. The minimum absolute atomic E-state index is 0.167. The van der Waals surface area contributed by atoms with Crippen molar-refractivity contribution in [1.29, 1.82) is 0 Å². The van der Waals surface area contributed by atoms with E-state index in [0.717, 1.165) is 0 Å². The summed E-state index contributed by atoms with van der Waals surface area (Å²) in [6.45, 7) is 6.11. The van der Waals surface area contributed by atoms with Crippen LogP contribution in [-0.2, 0) is 9.59 Å². The summed E-state index contributed by atoms with van der Waals surface area (Å²) in [4.78, 5) is 18.9. The molecule has 0 aromatic heterocycles. The lowest BCUT2D eigenvalue weighted by Gasteiger charge is -1.63. The lowest BCUT2D eigenvalue weighted by Crippen LogP contribution is -1.69. The SMILES string of the molecule is CC(C)=O.CC(C)=O.ClCCCl. The maximum atomic E-state index is 9.44. The van der Waals surface area contributed by atoms with E-state index in [0.29, 0.717) is 11.8 Å². The average molecular weight is 215 g/mol. The van der Waals surface area contributed by atoms with Crippen LogP contribution in [0.1, 0.15) is 27.7 Å². The third-order valence-electron chi connectivity index (χ3n) is 0.0714. The van der Waals surface area contributed by atoms with Gasteiger partial charge in [0, 0.05) is 11.8 Å². The van der Waals surface area contributed by atoms with Crippen LogP contribution in [0.25, 0.3) is 0 Å². The van der Waals surface area contributed by atoms with Crippen LogP contribution in [0.5, 0.6) is 0 Å². The maximum absolute atomic E-state index is 9.44. The molecule has 0 bridgehead atoms. The molecule has 0 aliphatic heterocycles. The molecule has 0 aliphatic rings. The van der Waals surface area contributed by atoms with Gasteiger partial charge in [0.1, 0.15) is 11.6 Å². The summed E-state index contributed by atoms with van der Waals surface area (Å²) >= 11 is 10.1. The van der Waals surface area contributed by atoms with Crippen molar-refractivity contribution in [2.75, 3.05) is 11.8 Å². The third-order valence-corrected chi connectivity index (χ3v) is 0.643. The van der Waals surface area contributed by atoms with Crippen molar-refractivity contribution in [2.24, 2.45) is 0 Å². The Morgan fingerprint density at radius 2 is 0.917 bits per heavy atom. The predicted octanol–water partition coefficient (Wildman–Crippen LogP) is 2.65. The molecule has 0 aromatic carbocycles.